The SMILES string of the molecule is CCNC(=NCc1cccc(Cn2cncn2)c1)Nc1ccc2c(c1)OCCCO2. The Kier molecular flexibility index (Phi) is 6.44. The van der Waals surface area contributed by atoms with Gasteiger partial charge in [0.2, 0.25) is 0 Å². The van der Waals surface area contributed by atoms with Crippen molar-refractivity contribution in [1.82, 2.24) is 20.1 Å². The summed E-state index contributed by atoms with van der Waals surface area (Å²) < 4.78 is 13.3. The Labute approximate surface area is 176 Å². The number of guanidine groups is 1. The number of aliphatic imine (C=N–C) groups is 1. The van der Waals surface area contributed by atoms with Crippen LogP contribution in [-0.4, -0.2) is 40.5 Å². The fourth-order valence-electron chi connectivity index (χ4n) is 3.18. The molecule has 30 heavy (non-hydrogen) atoms. The van der Waals surface area contributed by atoms with Gasteiger partial charge in [0, 0.05) is 24.7 Å². The van der Waals surface area contributed by atoms with Gasteiger partial charge in [-0.3, -0.25) is 0 Å². The van der Waals surface area contributed by atoms with E-state index in [1.807, 2.05) is 31.2 Å². The summed E-state index contributed by atoms with van der Waals surface area (Å²) in [5.41, 5.74) is 3.19. The van der Waals surface area contributed by atoms with E-state index in [9.17, 15) is 0 Å². The average Bonchev–Trinajstić information content (AvgIpc) is 3.15. The molecule has 0 spiro atoms. The predicted molar refractivity (Wildman–Crippen MR) is 116 cm³/mol. The third kappa shape index (κ3) is 5.28. The van der Waals surface area contributed by atoms with E-state index in [0.29, 0.717) is 32.3 Å². The zero-order valence-corrected chi connectivity index (χ0v) is 17.0. The van der Waals surface area contributed by atoms with Crippen molar-refractivity contribution in [2.75, 3.05) is 25.1 Å². The maximum atomic E-state index is 5.78. The van der Waals surface area contributed by atoms with Crippen molar-refractivity contribution >= 4 is 11.6 Å². The molecular formula is C22H26N6O2. The van der Waals surface area contributed by atoms with Crippen LogP contribution in [0.5, 0.6) is 11.5 Å². The van der Waals surface area contributed by atoms with Crippen LogP contribution in [0.4, 0.5) is 5.69 Å². The fourth-order valence-corrected chi connectivity index (χ4v) is 3.18. The van der Waals surface area contributed by atoms with Gasteiger partial charge in [0.05, 0.1) is 26.3 Å². The van der Waals surface area contributed by atoms with Gasteiger partial charge in [-0.05, 0) is 30.2 Å². The maximum absolute atomic E-state index is 5.78. The first kappa shape index (κ1) is 19.8. The Balaban J connectivity index is 1.44. The normalized spacial score (nSPS) is 13.6. The van der Waals surface area contributed by atoms with Crippen molar-refractivity contribution in [1.29, 1.82) is 0 Å². The molecule has 0 amide bonds. The van der Waals surface area contributed by atoms with Gasteiger partial charge in [0.15, 0.2) is 17.5 Å². The van der Waals surface area contributed by atoms with Gasteiger partial charge in [-0.15, -0.1) is 0 Å². The van der Waals surface area contributed by atoms with Gasteiger partial charge in [-0.25, -0.2) is 14.7 Å². The number of anilines is 1. The van der Waals surface area contributed by atoms with E-state index in [0.717, 1.165) is 41.3 Å². The highest BCUT2D eigenvalue weighted by Gasteiger charge is 2.11. The third-order valence-corrected chi connectivity index (χ3v) is 4.58. The van der Waals surface area contributed by atoms with Crippen LogP contribution in [0.3, 0.4) is 0 Å². The summed E-state index contributed by atoms with van der Waals surface area (Å²) in [5, 5.41) is 10.8. The molecule has 2 aromatic carbocycles. The molecule has 0 unspecified atom stereocenters. The van der Waals surface area contributed by atoms with Gasteiger partial charge >= 0.3 is 0 Å². The van der Waals surface area contributed by atoms with Crippen LogP contribution in [0.2, 0.25) is 0 Å². The largest absolute Gasteiger partial charge is 0.490 e. The lowest BCUT2D eigenvalue weighted by Crippen LogP contribution is -2.30. The Morgan fingerprint density at radius 1 is 1.10 bits per heavy atom. The summed E-state index contributed by atoms with van der Waals surface area (Å²) in [6, 6.07) is 14.2. The third-order valence-electron chi connectivity index (χ3n) is 4.58. The molecule has 2 N–H and O–H groups in total. The van der Waals surface area contributed by atoms with Crippen molar-refractivity contribution in [2.24, 2.45) is 4.99 Å². The molecule has 156 valence electrons. The topological polar surface area (TPSA) is 85.6 Å². The van der Waals surface area contributed by atoms with Crippen molar-refractivity contribution in [3.63, 3.8) is 0 Å². The summed E-state index contributed by atoms with van der Waals surface area (Å²) in [4.78, 5) is 8.72. The molecule has 0 saturated heterocycles. The standard InChI is InChI=1S/C22H26N6O2/c1-2-24-22(27-19-7-8-20-21(12-19)30-10-4-9-29-20)25-13-17-5-3-6-18(11-17)14-28-16-23-15-26-28/h3,5-8,11-12,15-16H,2,4,9-10,13-14H2,1H3,(H2,24,25,27). The molecule has 2 heterocycles. The van der Waals surface area contributed by atoms with Crippen LogP contribution < -0.4 is 20.1 Å². The average molecular weight is 406 g/mol. The number of hydrogen-bond acceptors (Lipinski definition) is 5. The van der Waals surface area contributed by atoms with Gasteiger partial charge in [0.25, 0.3) is 0 Å². The van der Waals surface area contributed by atoms with Crippen LogP contribution in [0.25, 0.3) is 0 Å². The second-order valence-corrected chi connectivity index (χ2v) is 6.95. The lowest BCUT2D eigenvalue weighted by Gasteiger charge is -2.14. The Bertz CT molecular complexity index is 987. The molecule has 8 heteroatoms. The van der Waals surface area contributed by atoms with Crippen LogP contribution in [0.15, 0.2) is 60.1 Å². The molecular weight excluding hydrogens is 380 g/mol. The number of benzene rings is 2. The molecule has 0 atom stereocenters. The van der Waals surface area contributed by atoms with Crippen LogP contribution in [0, 0.1) is 0 Å². The van der Waals surface area contributed by atoms with Crippen molar-refractivity contribution < 1.29 is 9.47 Å². The van der Waals surface area contributed by atoms with E-state index in [2.05, 4.69) is 38.9 Å². The van der Waals surface area contributed by atoms with Crippen molar-refractivity contribution in [3.8, 4) is 11.5 Å². The van der Waals surface area contributed by atoms with E-state index in [1.54, 1.807) is 17.3 Å². The lowest BCUT2D eigenvalue weighted by atomic mass is 10.1. The summed E-state index contributed by atoms with van der Waals surface area (Å²) >= 11 is 0. The van der Waals surface area contributed by atoms with E-state index >= 15 is 0 Å². The Morgan fingerprint density at radius 3 is 2.80 bits per heavy atom. The molecule has 0 bridgehead atoms. The molecule has 4 rings (SSSR count). The number of fused-ring (bicyclic) bond motifs is 1. The summed E-state index contributed by atoms with van der Waals surface area (Å²) in [6.45, 7) is 5.40. The maximum Gasteiger partial charge on any atom is 0.196 e. The fraction of sp³-hybridized carbons (Fsp3) is 0.318. The highest BCUT2D eigenvalue weighted by molar-refractivity contribution is 5.93. The van der Waals surface area contributed by atoms with Crippen LogP contribution >= 0.6 is 0 Å². The highest BCUT2D eigenvalue weighted by atomic mass is 16.5. The van der Waals surface area contributed by atoms with E-state index < -0.39 is 0 Å². The Morgan fingerprint density at radius 2 is 1.97 bits per heavy atom. The van der Waals surface area contributed by atoms with Gasteiger partial charge < -0.3 is 20.1 Å². The minimum absolute atomic E-state index is 0.561. The first-order chi connectivity index (χ1) is 14.8. The van der Waals surface area contributed by atoms with Crippen molar-refractivity contribution in [2.45, 2.75) is 26.4 Å². The van der Waals surface area contributed by atoms with Gasteiger partial charge in [0.1, 0.15) is 12.7 Å². The molecule has 3 aromatic rings. The monoisotopic (exact) mass is 406 g/mol. The number of nitrogens with zero attached hydrogens (tertiary/aromatic N) is 4. The molecule has 1 aliphatic rings. The number of hydrogen-bond donors (Lipinski definition) is 2. The summed E-state index contributed by atoms with van der Waals surface area (Å²) in [6.07, 6.45) is 4.15. The van der Waals surface area contributed by atoms with Crippen molar-refractivity contribution in [3.05, 3.63) is 66.2 Å². The Hall–Kier alpha value is -3.55. The molecule has 1 aromatic heterocycles. The van der Waals surface area contributed by atoms with Gasteiger partial charge in [-0.2, -0.15) is 5.10 Å². The molecule has 0 saturated carbocycles. The van der Waals surface area contributed by atoms with Crippen LogP contribution in [0.1, 0.15) is 24.5 Å². The highest BCUT2D eigenvalue weighted by Crippen LogP contribution is 2.32. The first-order valence-electron chi connectivity index (χ1n) is 10.2. The number of nitrogens with one attached hydrogen (secondary N) is 2. The lowest BCUT2D eigenvalue weighted by molar-refractivity contribution is 0.297. The molecule has 0 fully saturated rings. The minimum Gasteiger partial charge on any atom is -0.490 e. The molecule has 0 aliphatic carbocycles. The number of ether oxygens (including phenoxy) is 2. The molecule has 0 radical (unpaired) electrons. The number of aromatic nitrogens is 3. The van der Waals surface area contributed by atoms with E-state index in [1.165, 1.54) is 0 Å². The predicted octanol–water partition coefficient (Wildman–Crippen LogP) is 3.07. The smallest absolute Gasteiger partial charge is 0.196 e. The summed E-state index contributed by atoms with van der Waals surface area (Å²) in [7, 11) is 0. The van der Waals surface area contributed by atoms with E-state index in [-0.39, 0.29) is 0 Å². The first-order valence-corrected chi connectivity index (χ1v) is 10.2. The van der Waals surface area contributed by atoms with Crippen LogP contribution in [-0.2, 0) is 13.1 Å². The summed E-state index contributed by atoms with van der Waals surface area (Å²) in [5.74, 6) is 2.26. The minimum atomic E-state index is 0.561. The zero-order chi connectivity index (χ0) is 20.6. The second kappa shape index (κ2) is 9.78. The quantitative estimate of drug-likeness (QED) is 0.483. The molecule has 8 nitrogen and oxygen atoms in total. The zero-order valence-electron chi connectivity index (χ0n) is 17.0. The number of rotatable bonds is 6. The van der Waals surface area contributed by atoms with E-state index in [4.69, 9.17) is 14.5 Å². The second-order valence-electron chi connectivity index (χ2n) is 6.95. The van der Waals surface area contributed by atoms with Gasteiger partial charge in [-0.1, -0.05) is 24.3 Å². The molecule has 1 aliphatic heterocycles.